The number of nitrogens with one attached hydrogen (secondary N) is 1. The Labute approximate surface area is 433 Å². The number of carboxylic acid groups (broad SMARTS) is 1. The van der Waals surface area contributed by atoms with Crippen LogP contribution in [0.4, 0.5) is 13.2 Å². The van der Waals surface area contributed by atoms with E-state index in [4.69, 9.17) is 12.2 Å². The summed E-state index contributed by atoms with van der Waals surface area (Å²) in [7, 11) is -3.91. The number of likely N-dealkylation sites (N-methyl/N-ethyl adjacent to an activating group) is 2. The van der Waals surface area contributed by atoms with Gasteiger partial charge in [-0.05, 0) is 98.0 Å². The normalized spacial score (nSPS) is 14.9. The highest BCUT2D eigenvalue weighted by Crippen LogP contribution is 2.24. The summed E-state index contributed by atoms with van der Waals surface area (Å²) >= 11 is 0. The Hall–Kier alpha value is -7.45. The molecule has 0 atom stereocenters. The topological polar surface area (TPSA) is 235 Å². The molecule has 4 aromatic heterocycles. The monoisotopic (exact) mass is 1070 g/mol. The molecule has 19 nitrogen and oxygen atoms in total. The zero-order chi connectivity index (χ0) is 54.6. The second-order valence-electron chi connectivity index (χ2n) is 17.2. The van der Waals surface area contributed by atoms with E-state index in [2.05, 4.69) is 35.3 Å². The lowest BCUT2D eigenvalue weighted by Crippen LogP contribution is -2.47. The van der Waals surface area contributed by atoms with Gasteiger partial charge < -0.3 is 26.0 Å². The van der Waals surface area contributed by atoms with E-state index in [9.17, 15) is 39.6 Å². The van der Waals surface area contributed by atoms with Gasteiger partial charge in [-0.3, -0.25) is 19.2 Å². The lowest BCUT2D eigenvalue weighted by Gasteiger charge is -2.31. The number of aromatic carboxylic acids is 1. The Kier molecular flexibility index (Phi) is 17.7. The number of nitrogens with two attached hydrogens (primary N) is 1. The minimum Gasteiger partial charge on any atom is -0.478 e. The smallest absolute Gasteiger partial charge is 0.338 e. The number of pyridine rings is 2. The molecule has 0 unspecified atom stereocenters. The number of halogens is 3. The molecule has 4 aromatic carbocycles. The summed E-state index contributed by atoms with van der Waals surface area (Å²) in [5.41, 5.74) is 10.1. The molecule has 4 N–H and O–H groups in total. The van der Waals surface area contributed by atoms with Gasteiger partial charge in [-0.2, -0.15) is 18.8 Å². The summed E-state index contributed by atoms with van der Waals surface area (Å²) in [6.07, 6.45) is 8.92. The van der Waals surface area contributed by atoms with Crippen LogP contribution >= 0.6 is 0 Å². The number of carbonyl (C=O) groups excluding carboxylic acids is 1. The van der Waals surface area contributed by atoms with Gasteiger partial charge in [0.05, 0.1) is 76.6 Å². The number of hydrogen-bond donors (Lipinski definition) is 3. The molecule has 75 heavy (non-hydrogen) atoms. The van der Waals surface area contributed by atoms with E-state index >= 15 is 0 Å². The van der Waals surface area contributed by atoms with E-state index in [0.29, 0.717) is 89.5 Å². The van der Waals surface area contributed by atoms with Crippen LogP contribution in [0.2, 0.25) is 0 Å². The third-order valence-electron chi connectivity index (χ3n) is 12.3. The van der Waals surface area contributed by atoms with Crippen molar-refractivity contribution in [2.45, 2.75) is 22.9 Å². The van der Waals surface area contributed by atoms with Crippen molar-refractivity contribution < 1.29 is 46.1 Å². The Morgan fingerprint density at radius 1 is 0.600 bits per heavy atom. The molecule has 6 heterocycles. The second kappa shape index (κ2) is 24.7. The first kappa shape index (κ1) is 53.8. The van der Waals surface area contributed by atoms with Crippen molar-refractivity contribution in [2.24, 2.45) is 5.73 Å². The molecule has 0 saturated carbocycles. The minimum absolute atomic E-state index is 0.0888. The molecule has 24 heteroatoms. The number of piperazine rings is 2. The Morgan fingerprint density at radius 2 is 0.987 bits per heavy atom. The van der Waals surface area contributed by atoms with Crippen LogP contribution in [0, 0.1) is 11.6 Å². The maximum absolute atomic E-state index is 13.3. The van der Waals surface area contributed by atoms with Crippen molar-refractivity contribution in [3.8, 4) is 11.4 Å². The molecular formula is C51H55F3N12O7S2. The lowest BCUT2D eigenvalue weighted by atomic mass is 10.1. The highest BCUT2D eigenvalue weighted by Gasteiger charge is 2.29. The Balaban J connectivity index is 0.000000177. The maximum Gasteiger partial charge on any atom is 0.338 e. The number of carboxylic acids is 1. The van der Waals surface area contributed by atoms with Crippen LogP contribution in [0.25, 0.3) is 33.2 Å². The van der Waals surface area contributed by atoms with Gasteiger partial charge in [-0.15, -0.1) is 0 Å². The average Bonchev–Trinajstić information content (AvgIpc) is 4.07. The van der Waals surface area contributed by atoms with Crippen molar-refractivity contribution in [1.29, 1.82) is 0 Å². The summed E-state index contributed by atoms with van der Waals surface area (Å²) < 4.78 is 98.4. The van der Waals surface area contributed by atoms with Gasteiger partial charge in [0.2, 0.25) is 20.0 Å². The molecule has 2 aliphatic heterocycles. The van der Waals surface area contributed by atoms with Gasteiger partial charge in [0.15, 0.2) is 0 Å². The Bertz CT molecular complexity index is 3470. The van der Waals surface area contributed by atoms with E-state index in [1.54, 1.807) is 94.2 Å². The van der Waals surface area contributed by atoms with Crippen LogP contribution in [-0.2, 0) is 33.1 Å². The second-order valence-corrected chi connectivity index (χ2v) is 21.1. The first-order valence-corrected chi connectivity index (χ1v) is 26.1. The fourth-order valence-electron chi connectivity index (χ4n) is 8.02. The van der Waals surface area contributed by atoms with Crippen LogP contribution in [-0.4, -0.2) is 155 Å². The van der Waals surface area contributed by atoms with Crippen LogP contribution < -0.4 is 11.1 Å². The molecule has 8 aromatic rings. The number of nitrogens with zero attached hydrogens (tertiary/aromatic N) is 10. The predicted octanol–water partition coefficient (Wildman–Crippen LogP) is 5.35. The standard InChI is InChI=1S/C25H25FN6O3S.C13H8FN3O2.C12H19N3O2S.CH3F/c1-30-10-12-31(13-11-30)36(34,35)21-8-2-18(3-9-21)14-28-25(33)23-15-27-17-24-22(23)16-29-32(24)20-6-4-19(26)5-7-20;14-8-1-3-9(4-2-8)17-12-7-15-5-11(13(18)19)10(12)6-16-17;1-14-6-8-15(9-7-14)18(16,17)12-4-2-11(10-13)3-5-12;1-2/h2-9,15-17H,10-14H2,1H3,(H,28,33);1-7H,(H,18,19);2-5H,6-10,13H2,1H3;1H3/i;;;1D. The van der Waals surface area contributed by atoms with Crippen molar-refractivity contribution >= 4 is 53.7 Å². The number of hydrogen-bond acceptors (Lipinski definition) is 13. The number of alkyl halides is 1. The highest BCUT2D eigenvalue weighted by molar-refractivity contribution is 7.89. The van der Waals surface area contributed by atoms with Gasteiger partial charge in [0.25, 0.3) is 5.91 Å². The van der Waals surface area contributed by atoms with E-state index in [-0.39, 0.29) is 34.5 Å². The molecule has 1 amide bonds. The minimum atomic E-state index is -3.54. The van der Waals surface area contributed by atoms with Gasteiger partial charge in [0, 0.05) is 88.6 Å². The largest absolute Gasteiger partial charge is 0.478 e. The maximum atomic E-state index is 13.3. The van der Waals surface area contributed by atoms with Crippen molar-refractivity contribution in [3.05, 3.63) is 168 Å². The van der Waals surface area contributed by atoms with Crippen LogP contribution in [0.1, 0.15) is 33.2 Å². The molecule has 2 saturated heterocycles. The van der Waals surface area contributed by atoms with E-state index < -0.39 is 33.2 Å². The van der Waals surface area contributed by atoms with Crippen LogP contribution in [0.5, 0.6) is 0 Å². The number of sulfonamides is 2. The SMILES string of the molecule is CN1CCN(S(=O)(=O)c2ccc(CN)cc2)CC1.CN1CCN(S(=O)(=O)c2ccc(CNC(=O)c3cncc4c3cnn4-c3ccc(F)cc3)cc2)CC1.O=C(O)c1cncc2c1cnn2-c1ccc(F)cc1.[2H]CF. The molecule has 10 rings (SSSR count). The number of benzene rings is 4. The molecule has 0 bridgehead atoms. The zero-order valence-electron chi connectivity index (χ0n) is 41.9. The molecule has 0 spiro atoms. The molecule has 2 aliphatic rings. The summed E-state index contributed by atoms with van der Waals surface area (Å²) in [6, 6.07) is 25.0. The van der Waals surface area contributed by atoms with Crippen LogP contribution in [0.3, 0.4) is 0 Å². The fraction of sp³-hybridized carbons (Fsp3) is 0.255. The first-order valence-electron chi connectivity index (χ1n) is 23.9. The first-order chi connectivity index (χ1) is 36.4. The molecular weight excluding hydrogens is 1010 g/mol. The average molecular weight is 1070 g/mol. The molecule has 0 radical (unpaired) electrons. The Morgan fingerprint density at radius 3 is 1.39 bits per heavy atom. The third-order valence-corrected chi connectivity index (χ3v) is 16.2. The number of carbonyl (C=O) groups is 2. The summed E-state index contributed by atoms with van der Waals surface area (Å²) in [6.45, 7) is 5.64. The molecule has 394 valence electrons. The highest BCUT2D eigenvalue weighted by atomic mass is 32.2. The number of fused-ring (bicyclic) bond motifs is 2. The van der Waals surface area contributed by atoms with Crippen LogP contribution in [0.15, 0.2) is 144 Å². The summed E-state index contributed by atoms with van der Waals surface area (Å²) in [4.78, 5) is 36.9. The number of rotatable bonds is 11. The summed E-state index contributed by atoms with van der Waals surface area (Å²) in [5.74, 6) is -2.08. The van der Waals surface area contributed by atoms with E-state index in [1.807, 2.05) is 14.1 Å². The zero-order valence-corrected chi connectivity index (χ0v) is 42.5. The quantitative estimate of drug-likeness (QED) is 0.148. The predicted molar refractivity (Wildman–Crippen MR) is 276 cm³/mol. The van der Waals surface area contributed by atoms with Gasteiger partial charge >= 0.3 is 5.97 Å². The van der Waals surface area contributed by atoms with Crippen molar-refractivity contribution in [2.75, 3.05) is 73.6 Å². The van der Waals surface area contributed by atoms with Gasteiger partial charge in [-0.25, -0.2) is 39.8 Å². The van der Waals surface area contributed by atoms with Crippen molar-refractivity contribution in [3.63, 3.8) is 0 Å². The van der Waals surface area contributed by atoms with E-state index in [0.717, 1.165) is 24.2 Å². The third kappa shape index (κ3) is 13.1. The van der Waals surface area contributed by atoms with Crippen molar-refractivity contribution in [1.82, 2.24) is 53.3 Å². The lowest BCUT2D eigenvalue weighted by molar-refractivity contribution is 0.0698. The van der Waals surface area contributed by atoms with Gasteiger partial charge in [-0.1, -0.05) is 24.3 Å². The van der Waals surface area contributed by atoms with Gasteiger partial charge in [0.1, 0.15) is 11.6 Å². The molecule has 2 fully saturated rings. The fourth-order valence-corrected chi connectivity index (χ4v) is 10.9. The van der Waals surface area contributed by atoms with E-state index in [1.165, 1.54) is 58.0 Å². The molecule has 0 aliphatic carbocycles. The number of aromatic nitrogens is 6. The summed E-state index contributed by atoms with van der Waals surface area (Å²) in [5, 5.41) is 21.5. The number of amides is 1.